The summed E-state index contributed by atoms with van der Waals surface area (Å²) in [5.74, 6) is -10.6. The molecule has 3 aromatic rings. The van der Waals surface area contributed by atoms with Crippen LogP contribution in [0.2, 0.25) is 0 Å². The topological polar surface area (TPSA) is 141 Å². The maximum atomic E-state index is 14.9. The van der Waals surface area contributed by atoms with E-state index in [-0.39, 0.29) is 17.4 Å². The molecule has 0 saturated carbocycles. The Morgan fingerprint density at radius 2 is 1.50 bits per heavy atom. The van der Waals surface area contributed by atoms with Gasteiger partial charge in [0, 0.05) is 18.0 Å². The highest BCUT2D eigenvalue weighted by Gasteiger charge is 2.39. The van der Waals surface area contributed by atoms with E-state index in [1.165, 1.54) is 0 Å². The summed E-state index contributed by atoms with van der Waals surface area (Å²) < 4.78 is 135. The summed E-state index contributed by atoms with van der Waals surface area (Å²) in [4.78, 5) is 36.5. The molecule has 0 unspecified atom stereocenters. The number of halogens is 10. The number of hydrogen-bond donors (Lipinski definition) is 3. The standard InChI is InChI=1S/C21H12F7N3O4.C2HF3O2/c22-9-1-3-13(15(7-9)35-20(24)25)34-14-4-2-11(21(26,27)28)17(23)16(14)19(33)31-10-5-6-30-12(8-10)18(29)32;3-2(4,5)1(6)7/h1-8,20H,(H2,29,32)(H,30,31,33);(H,6,7). The van der Waals surface area contributed by atoms with Gasteiger partial charge in [0.05, 0.1) is 5.56 Å². The van der Waals surface area contributed by atoms with E-state index in [9.17, 15) is 53.5 Å². The van der Waals surface area contributed by atoms with Gasteiger partial charge in [-0.2, -0.15) is 35.1 Å². The van der Waals surface area contributed by atoms with Gasteiger partial charge in [0.25, 0.3) is 11.8 Å². The van der Waals surface area contributed by atoms with Crippen molar-refractivity contribution < 1.29 is 72.9 Å². The lowest BCUT2D eigenvalue weighted by atomic mass is 10.1. The van der Waals surface area contributed by atoms with Crippen LogP contribution in [0.3, 0.4) is 0 Å². The van der Waals surface area contributed by atoms with E-state index in [2.05, 4.69) is 15.0 Å². The van der Waals surface area contributed by atoms with Gasteiger partial charge in [-0.05, 0) is 36.4 Å². The van der Waals surface area contributed by atoms with Crippen LogP contribution < -0.4 is 20.5 Å². The van der Waals surface area contributed by atoms with Crippen molar-refractivity contribution in [2.45, 2.75) is 19.0 Å². The average molecular weight is 617 g/mol. The van der Waals surface area contributed by atoms with Crippen LogP contribution in [0, 0.1) is 11.6 Å². The molecule has 0 atom stereocenters. The fraction of sp³-hybridized carbons (Fsp3) is 0.130. The molecule has 0 aliphatic rings. The zero-order valence-electron chi connectivity index (χ0n) is 20.0. The molecule has 0 spiro atoms. The third kappa shape index (κ3) is 8.96. The summed E-state index contributed by atoms with van der Waals surface area (Å²) in [7, 11) is 0. The van der Waals surface area contributed by atoms with E-state index in [1.54, 1.807) is 0 Å². The van der Waals surface area contributed by atoms with Crippen LogP contribution in [0.15, 0.2) is 48.7 Å². The first-order chi connectivity index (χ1) is 19.3. The molecule has 0 aliphatic heterocycles. The minimum Gasteiger partial charge on any atom is -0.475 e. The highest BCUT2D eigenvalue weighted by atomic mass is 19.4. The quantitative estimate of drug-likeness (QED) is 0.287. The molecule has 4 N–H and O–H groups in total. The highest BCUT2D eigenvalue weighted by Crippen LogP contribution is 2.40. The molecule has 226 valence electrons. The Hall–Kier alpha value is -5.10. The molecule has 2 aromatic carbocycles. The predicted octanol–water partition coefficient (Wildman–Crippen LogP) is 5.76. The van der Waals surface area contributed by atoms with Crippen LogP contribution in [0.25, 0.3) is 0 Å². The van der Waals surface area contributed by atoms with Crippen molar-refractivity contribution in [2.75, 3.05) is 5.32 Å². The molecular weight excluding hydrogens is 604 g/mol. The van der Waals surface area contributed by atoms with Crippen molar-refractivity contribution in [2.24, 2.45) is 5.73 Å². The number of primary amides is 1. The van der Waals surface area contributed by atoms with E-state index in [1.807, 2.05) is 0 Å². The number of nitrogens with one attached hydrogen (secondary N) is 1. The molecule has 42 heavy (non-hydrogen) atoms. The van der Waals surface area contributed by atoms with Crippen molar-refractivity contribution in [3.05, 3.63) is 77.1 Å². The minimum atomic E-state index is -5.22. The maximum Gasteiger partial charge on any atom is 0.490 e. The molecule has 1 aromatic heterocycles. The Bertz CT molecular complexity index is 1480. The molecule has 0 radical (unpaired) electrons. The zero-order chi connectivity index (χ0) is 32.0. The van der Waals surface area contributed by atoms with Crippen LogP contribution in [0.4, 0.5) is 49.6 Å². The first-order valence-electron chi connectivity index (χ1n) is 10.5. The number of anilines is 1. The Kier molecular flexibility index (Phi) is 10.3. The van der Waals surface area contributed by atoms with Gasteiger partial charge >= 0.3 is 24.9 Å². The number of rotatable bonds is 7. The van der Waals surface area contributed by atoms with Crippen LogP contribution in [0.1, 0.15) is 26.4 Å². The second-order valence-electron chi connectivity index (χ2n) is 7.42. The predicted molar refractivity (Wildman–Crippen MR) is 119 cm³/mol. The third-order valence-corrected chi connectivity index (χ3v) is 4.49. The van der Waals surface area contributed by atoms with E-state index >= 15 is 0 Å². The van der Waals surface area contributed by atoms with Crippen molar-refractivity contribution in [3.8, 4) is 17.2 Å². The molecule has 3 rings (SSSR count). The Morgan fingerprint density at radius 3 is 2.02 bits per heavy atom. The highest BCUT2D eigenvalue weighted by molar-refractivity contribution is 6.07. The fourth-order valence-corrected chi connectivity index (χ4v) is 2.78. The van der Waals surface area contributed by atoms with Gasteiger partial charge < -0.3 is 25.6 Å². The number of hydrogen-bond acceptors (Lipinski definition) is 6. The van der Waals surface area contributed by atoms with Crippen molar-refractivity contribution >= 4 is 23.5 Å². The molecule has 9 nitrogen and oxygen atoms in total. The number of alkyl halides is 8. The third-order valence-electron chi connectivity index (χ3n) is 4.49. The summed E-state index contributed by atoms with van der Waals surface area (Å²) >= 11 is 0. The number of nitrogens with zero attached hydrogens (tertiary/aromatic N) is 1. The Balaban J connectivity index is 0.000000782. The van der Waals surface area contributed by atoms with Crippen molar-refractivity contribution in [3.63, 3.8) is 0 Å². The number of ether oxygens (including phenoxy) is 2. The smallest absolute Gasteiger partial charge is 0.475 e. The van der Waals surface area contributed by atoms with Gasteiger partial charge in [0.1, 0.15) is 22.8 Å². The molecular formula is C23H13F10N3O6. The monoisotopic (exact) mass is 617 g/mol. The van der Waals surface area contributed by atoms with Crippen LogP contribution in [-0.2, 0) is 11.0 Å². The van der Waals surface area contributed by atoms with E-state index in [4.69, 9.17) is 20.4 Å². The van der Waals surface area contributed by atoms with Gasteiger partial charge in [-0.15, -0.1) is 0 Å². The average Bonchev–Trinajstić information content (AvgIpc) is 2.84. The SMILES string of the molecule is NC(=O)c1cc(NC(=O)c2c(Oc3ccc(F)cc3OC(F)F)ccc(C(F)(F)F)c2F)ccn1.O=C(O)C(F)(F)F. The molecule has 0 fully saturated rings. The van der Waals surface area contributed by atoms with E-state index in [0.29, 0.717) is 12.1 Å². The number of carbonyl (C=O) groups excluding carboxylic acids is 2. The number of nitrogens with two attached hydrogens (primary N) is 1. The summed E-state index contributed by atoms with van der Waals surface area (Å²) in [6.45, 7) is -3.43. The zero-order valence-corrected chi connectivity index (χ0v) is 20.0. The van der Waals surface area contributed by atoms with Gasteiger partial charge in [0.2, 0.25) is 0 Å². The number of pyridine rings is 1. The second-order valence-corrected chi connectivity index (χ2v) is 7.42. The summed E-state index contributed by atoms with van der Waals surface area (Å²) in [5, 5.41) is 9.19. The number of carboxylic acid groups (broad SMARTS) is 1. The molecule has 19 heteroatoms. The maximum absolute atomic E-state index is 14.9. The van der Waals surface area contributed by atoms with Gasteiger partial charge in [-0.1, -0.05) is 0 Å². The van der Waals surface area contributed by atoms with Gasteiger partial charge in [-0.25, -0.2) is 13.6 Å². The van der Waals surface area contributed by atoms with Crippen LogP contribution in [0.5, 0.6) is 17.2 Å². The minimum absolute atomic E-state index is 0.190. The number of amides is 2. The molecule has 2 amide bonds. The molecule has 0 aliphatic carbocycles. The van der Waals surface area contributed by atoms with E-state index in [0.717, 1.165) is 30.5 Å². The normalized spacial score (nSPS) is 11.3. The summed E-state index contributed by atoms with van der Waals surface area (Å²) in [6, 6.07) is 4.95. The lowest BCUT2D eigenvalue weighted by Crippen LogP contribution is -2.21. The summed E-state index contributed by atoms with van der Waals surface area (Å²) in [5.41, 5.74) is 1.47. The van der Waals surface area contributed by atoms with Crippen LogP contribution in [-0.4, -0.2) is 40.7 Å². The molecule has 0 bridgehead atoms. The fourth-order valence-electron chi connectivity index (χ4n) is 2.78. The van der Waals surface area contributed by atoms with E-state index < -0.39 is 76.8 Å². The number of carboxylic acids is 1. The number of benzene rings is 2. The Labute approximate surface area is 226 Å². The van der Waals surface area contributed by atoms with Crippen molar-refractivity contribution in [1.82, 2.24) is 4.98 Å². The number of aromatic nitrogens is 1. The molecule has 1 heterocycles. The largest absolute Gasteiger partial charge is 0.490 e. The first kappa shape index (κ1) is 33.1. The lowest BCUT2D eigenvalue weighted by Gasteiger charge is -2.17. The van der Waals surface area contributed by atoms with Gasteiger partial charge in [-0.3, -0.25) is 14.6 Å². The van der Waals surface area contributed by atoms with Crippen LogP contribution >= 0.6 is 0 Å². The van der Waals surface area contributed by atoms with Crippen molar-refractivity contribution in [1.29, 1.82) is 0 Å². The summed E-state index contributed by atoms with van der Waals surface area (Å²) in [6.07, 6.45) is -9.25. The lowest BCUT2D eigenvalue weighted by molar-refractivity contribution is -0.192. The Morgan fingerprint density at radius 1 is 0.905 bits per heavy atom. The number of aliphatic carboxylic acids is 1. The molecule has 0 saturated heterocycles. The first-order valence-corrected chi connectivity index (χ1v) is 10.5. The van der Waals surface area contributed by atoms with Gasteiger partial charge in [0.15, 0.2) is 17.3 Å². The second kappa shape index (κ2) is 13.0. The number of carbonyl (C=O) groups is 3.